The van der Waals surface area contributed by atoms with Crippen molar-refractivity contribution >= 4 is 11.8 Å². The van der Waals surface area contributed by atoms with Crippen molar-refractivity contribution in [3.05, 3.63) is 29.3 Å². The highest BCUT2D eigenvalue weighted by Gasteiger charge is 2.51. The van der Waals surface area contributed by atoms with Gasteiger partial charge in [-0.25, -0.2) is 0 Å². The molecule has 1 aromatic rings. The summed E-state index contributed by atoms with van der Waals surface area (Å²) in [5.74, 6) is 0.562. The third kappa shape index (κ3) is 3.71. The van der Waals surface area contributed by atoms with Gasteiger partial charge in [0.05, 0.1) is 6.54 Å². The quantitative estimate of drug-likeness (QED) is 0.595. The predicted octanol–water partition coefficient (Wildman–Crippen LogP) is 2.25. The van der Waals surface area contributed by atoms with Gasteiger partial charge < -0.3 is 15.4 Å². The van der Waals surface area contributed by atoms with Gasteiger partial charge in [0.25, 0.3) is 0 Å². The van der Waals surface area contributed by atoms with Gasteiger partial charge in [-0.1, -0.05) is 12.5 Å². The molecule has 0 spiro atoms. The summed E-state index contributed by atoms with van der Waals surface area (Å²) in [6.07, 6.45) is 4.30. The van der Waals surface area contributed by atoms with E-state index in [9.17, 15) is 9.59 Å². The maximum absolute atomic E-state index is 12.5. The fourth-order valence-corrected chi connectivity index (χ4v) is 3.16. The molecule has 130 valence electrons. The van der Waals surface area contributed by atoms with Crippen LogP contribution >= 0.6 is 0 Å². The van der Waals surface area contributed by atoms with Crippen LogP contribution in [0.15, 0.2) is 18.2 Å². The van der Waals surface area contributed by atoms with Crippen LogP contribution in [0.5, 0.6) is 5.75 Å². The van der Waals surface area contributed by atoms with Crippen molar-refractivity contribution in [3.63, 3.8) is 0 Å². The van der Waals surface area contributed by atoms with E-state index in [0.717, 1.165) is 36.1 Å². The average molecular weight is 330 g/mol. The number of carbonyl (C=O) groups excluding carboxylic acids is 2. The summed E-state index contributed by atoms with van der Waals surface area (Å²) < 4.78 is 5.70. The Hall–Kier alpha value is -2.04. The molecule has 1 aromatic carbocycles. The van der Waals surface area contributed by atoms with E-state index < -0.39 is 5.41 Å². The van der Waals surface area contributed by atoms with Crippen molar-refractivity contribution in [1.29, 1.82) is 0 Å². The van der Waals surface area contributed by atoms with Crippen LogP contribution in [0.3, 0.4) is 0 Å². The van der Waals surface area contributed by atoms with Crippen LogP contribution in [0, 0.1) is 19.3 Å². The first-order chi connectivity index (χ1) is 11.5. The highest BCUT2D eigenvalue weighted by atomic mass is 16.5. The van der Waals surface area contributed by atoms with E-state index in [2.05, 4.69) is 16.7 Å². The molecule has 5 heteroatoms. The highest BCUT2D eigenvalue weighted by Crippen LogP contribution is 2.42. The molecule has 0 saturated heterocycles. The van der Waals surface area contributed by atoms with Crippen molar-refractivity contribution < 1.29 is 14.3 Å². The Morgan fingerprint density at radius 1 is 1.12 bits per heavy atom. The number of nitrogens with one attached hydrogen (secondary N) is 2. The first-order valence-electron chi connectivity index (χ1n) is 8.80. The summed E-state index contributed by atoms with van der Waals surface area (Å²) in [7, 11) is 0. The van der Waals surface area contributed by atoms with Crippen molar-refractivity contribution in [2.24, 2.45) is 5.41 Å². The second-order valence-corrected chi connectivity index (χ2v) is 7.11. The van der Waals surface area contributed by atoms with Crippen LogP contribution in [0.2, 0.25) is 0 Å². The number of hydrogen-bond donors (Lipinski definition) is 2. The summed E-state index contributed by atoms with van der Waals surface area (Å²) in [6, 6.07) is 6.33. The van der Waals surface area contributed by atoms with Gasteiger partial charge in [0.2, 0.25) is 11.8 Å². The summed E-state index contributed by atoms with van der Waals surface area (Å²) in [5.41, 5.74) is 1.46. The summed E-state index contributed by atoms with van der Waals surface area (Å²) >= 11 is 0. The standard InChI is InChI=1S/C19H26N2O3/c1-13-10-14(2)12-16(11-13)24-9-8-20-17(22)19(6-3-7-19)18(23)21-15-4-5-15/h10-12,15H,3-9H2,1-2H3,(H,20,22)(H,21,23). The third-order valence-corrected chi connectivity index (χ3v) is 4.84. The van der Waals surface area contributed by atoms with Gasteiger partial charge >= 0.3 is 0 Å². The smallest absolute Gasteiger partial charge is 0.235 e. The fraction of sp³-hybridized carbons (Fsp3) is 0.579. The lowest BCUT2D eigenvalue weighted by molar-refractivity contribution is -0.149. The zero-order valence-electron chi connectivity index (χ0n) is 14.5. The highest BCUT2D eigenvalue weighted by molar-refractivity contribution is 6.06. The van der Waals surface area contributed by atoms with E-state index in [1.807, 2.05) is 26.0 Å². The molecule has 0 atom stereocenters. The van der Waals surface area contributed by atoms with Gasteiger partial charge in [0.15, 0.2) is 0 Å². The van der Waals surface area contributed by atoms with Gasteiger partial charge in [-0.2, -0.15) is 0 Å². The molecule has 2 fully saturated rings. The fourth-order valence-electron chi connectivity index (χ4n) is 3.16. The van der Waals surface area contributed by atoms with E-state index in [4.69, 9.17) is 4.74 Å². The van der Waals surface area contributed by atoms with Gasteiger partial charge in [-0.3, -0.25) is 9.59 Å². The lowest BCUT2D eigenvalue weighted by Crippen LogP contribution is -2.56. The molecule has 0 heterocycles. The molecular formula is C19H26N2O3. The number of carbonyl (C=O) groups is 2. The minimum Gasteiger partial charge on any atom is -0.492 e. The van der Waals surface area contributed by atoms with Gasteiger partial charge in [-0.15, -0.1) is 0 Å². The number of hydrogen-bond acceptors (Lipinski definition) is 3. The Morgan fingerprint density at radius 3 is 2.33 bits per heavy atom. The molecule has 0 aromatic heterocycles. The average Bonchev–Trinajstić information content (AvgIpc) is 3.25. The van der Waals surface area contributed by atoms with E-state index in [0.29, 0.717) is 26.0 Å². The van der Waals surface area contributed by atoms with E-state index >= 15 is 0 Å². The lowest BCUT2D eigenvalue weighted by Gasteiger charge is -2.38. The van der Waals surface area contributed by atoms with E-state index in [-0.39, 0.29) is 17.9 Å². The number of aryl methyl sites for hydroxylation is 2. The molecule has 2 aliphatic carbocycles. The van der Waals surface area contributed by atoms with Crippen molar-refractivity contribution in [1.82, 2.24) is 10.6 Å². The number of amides is 2. The Morgan fingerprint density at radius 2 is 1.79 bits per heavy atom. The molecule has 5 nitrogen and oxygen atoms in total. The molecule has 0 radical (unpaired) electrons. The molecule has 2 amide bonds. The molecule has 0 unspecified atom stereocenters. The van der Waals surface area contributed by atoms with E-state index in [1.165, 1.54) is 0 Å². The topological polar surface area (TPSA) is 67.4 Å². The Bertz CT molecular complexity index is 613. The van der Waals surface area contributed by atoms with Crippen LogP contribution in [0.4, 0.5) is 0 Å². The third-order valence-electron chi connectivity index (χ3n) is 4.84. The maximum atomic E-state index is 12.5. The van der Waals surface area contributed by atoms with Gasteiger partial charge in [0, 0.05) is 6.04 Å². The lowest BCUT2D eigenvalue weighted by atomic mass is 9.67. The molecule has 2 N–H and O–H groups in total. The zero-order chi connectivity index (χ0) is 17.2. The zero-order valence-corrected chi connectivity index (χ0v) is 14.5. The minimum atomic E-state index is -0.845. The van der Waals surface area contributed by atoms with Crippen molar-refractivity contribution in [2.45, 2.75) is 52.0 Å². The molecule has 0 aliphatic heterocycles. The Labute approximate surface area is 143 Å². The normalized spacial score (nSPS) is 18.4. The second-order valence-electron chi connectivity index (χ2n) is 7.11. The summed E-state index contributed by atoms with van der Waals surface area (Å²) in [5, 5.41) is 5.85. The molecular weight excluding hydrogens is 304 g/mol. The second kappa shape index (κ2) is 6.83. The van der Waals surface area contributed by atoms with Crippen molar-refractivity contribution in [2.75, 3.05) is 13.2 Å². The molecule has 2 saturated carbocycles. The predicted molar refractivity (Wildman–Crippen MR) is 91.9 cm³/mol. The summed E-state index contributed by atoms with van der Waals surface area (Å²) in [6.45, 7) is 4.86. The van der Waals surface area contributed by atoms with Crippen LogP contribution in [-0.2, 0) is 9.59 Å². The van der Waals surface area contributed by atoms with Crippen LogP contribution in [0.1, 0.15) is 43.2 Å². The largest absolute Gasteiger partial charge is 0.492 e. The van der Waals surface area contributed by atoms with Gasteiger partial charge in [-0.05, 0) is 62.8 Å². The Kier molecular flexibility index (Phi) is 4.78. The van der Waals surface area contributed by atoms with Gasteiger partial charge in [0.1, 0.15) is 17.8 Å². The molecule has 3 rings (SSSR count). The maximum Gasteiger partial charge on any atom is 0.235 e. The number of ether oxygens (including phenoxy) is 1. The van der Waals surface area contributed by atoms with E-state index in [1.54, 1.807) is 0 Å². The SMILES string of the molecule is Cc1cc(C)cc(OCCNC(=O)C2(C(=O)NC3CC3)CCC2)c1. The minimum absolute atomic E-state index is 0.0935. The van der Waals surface area contributed by atoms with Crippen molar-refractivity contribution in [3.8, 4) is 5.75 Å². The van der Waals surface area contributed by atoms with Crippen LogP contribution < -0.4 is 15.4 Å². The molecule has 2 aliphatic rings. The Balaban J connectivity index is 1.46. The monoisotopic (exact) mass is 330 g/mol. The molecule has 24 heavy (non-hydrogen) atoms. The number of benzene rings is 1. The van der Waals surface area contributed by atoms with Crippen LogP contribution in [0.25, 0.3) is 0 Å². The first-order valence-corrected chi connectivity index (χ1v) is 8.80. The first kappa shape index (κ1) is 16.8. The molecule has 0 bridgehead atoms. The summed E-state index contributed by atoms with van der Waals surface area (Å²) in [4.78, 5) is 24.8. The van der Waals surface area contributed by atoms with Crippen LogP contribution in [-0.4, -0.2) is 31.0 Å². The number of rotatable bonds is 7.